The second-order valence-electron chi connectivity index (χ2n) is 6.91. The molecule has 0 spiro atoms. The Hall–Kier alpha value is -3.46. The molecule has 8 nitrogen and oxygen atoms in total. The Bertz CT molecular complexity index is 1200. The van der Waals surface area contributed by atoms with Crippen LogP contribution in [0.2, 0.25) is 0 Å². The number of amidine groups is 1. The van der Waals surface area contributed by atoms with Crippen molar-refractivity contribution in [3.8, 4) is 0 Å². The Balaban J connectivity index is 1.52. The standard InChI is InChI=1S/C21H21N5O3S/c1-25-14-18(23-15-25)21(27)22-12-7-13-26(16-8-3-2-4-9-16)20-17-10-5-6-11-19(17)30(28,29)24-20/h2-6,8-11,14-15H,7,12-13H2,1H3,(H,22,27). The Morgan fingerprint density at radius 3 is 2.57 bits per heavy atom. The molecule has 154 valence electrons. The lowest BCUT2D eigenvalue weighted by molar-refractivity contribution is 0.0949. The zero-order valence-electron chi connectivity index (χ0n) is 16.4. The molecule has 1 amide bonds. The number of aromatic nitrogens is 2. The molecule has 0 saturated heterocycles. The Morgan fingerprint density at radius 2 is 1.83 bits per heavy atom. The first-order valence-corrected chi connectivity index (χ1v) is 10.9. The third kappa shape index (κ3) is 3.97. The Kier molecular flexibility index (Phi) is 5.37. The average Bonchev–Trinajstić information content (AvgIpc) is 3.30. The van der Waals surface area contributed by atoms with Gasteiger partial charge in [-0.2, -0.15) is 8.42 Å². The van der Waals surface area contributed by atoms with Crippen molar-refractivity contribution in [1.82, 2.24) is 14.9 Å². The van der Waals surface area contributed by atoms with Gasteiger partial charge in [-0.05, 0) is 30.7 Å². The first-order chi connectivity index (χ1) is 14.5. The highest BCUT2D eigenvalue weighted by Crippen LogP contribution is 2.29. The molecule has 0 radical (unpaired) electrons. The van der Waals surface area contributed by atoms with E-state index in [9.17, 15) is 13.2 Å². The smallest absolute Gasteiger partial charge is 0.285 e. The van der Waals surface area contributed by atoms with Crippen molar-refractivity contribution in [2.45, 2.75) is 11.3 Å². The SMILES string of the molecule is Cn1cnc(C(=O)NCCCN(C2=NS(=O)(=O)c3ccccc32)c2ccccc2)c1. The summed E-state index contributed by atoms with van der Waals surface area (Å²) in [5.41, 5.74) is 1.77. The molecule has 1 aromatic heterocycles. The fourth-order valence-electron chi connectivity index (χ4n) is 3.31. The number of amides is 1. The van der Waals surface area contributed by atoms with Crippen LogP contribution in [0.15, 0.2) is 76.4 Å². The first kappa shape index (κ1) is 19.8. The molecule has 0 unspecified atom stereocenters. The van der Waals surface area contributed by atoms with Crippen molar-refractivity contribution >= 4 is 27.5 Å². The molecule has 1 N–H and O–H groups in total. The van der Waals surface area contributed by atoms with Crippen LogP contribution in [-0.4, -0.2) is 42.8 Å². The van der Waals surface area contributed by atoms with Crippen molar-refractivity contribution in [3.63, 3.8) is 0 Å². The number of hydrogen-bond acceptors (Lipinski definition) is 5. The lowest BCUT2D eigenvalue weighted by Crippen LogP contribution is -2.34. The van der Waals surface area contributed by atoms with E-state index in [1.54, 1.807) is 48.4 Å². The first-order valence-electron chi connectivity index (χ1n) is 9.49. The number of carbonyl (C=O) groups excluding carboxylic acids is 1. The van der Waals surface area contributed by atoms with Gasteiger partial charge >= 0.3 is 0 Å². The fourth-order valence-corrected chi connectivity index (χ4v) is 4.52. The quantitative estimate of drug-likeness (QED) is 0.613. The van der Waals surface area contributed by atoms with Crippen LogP contribution in [0, 0.1) is 0 Å². The van der Waals surface area contributed by atoms with Gasteiger partial charge in [-0.3, -0.25) is 4.79 Å². The van der Waals surface area contributed by atoms with Crippen LogP contribution in [-0.2, 0) is 17.1 Å². The highest BCUT2D eigenvalue weighted by atomic mass is 32.2. The lowest BCUT2D eigenvalue weighted by Gasteiger charge is -2.24. The van der Waals surface area contributed by atoms with Gasteiger partial charge in [0.25, 0.3) is 15.9 Å². The minimum atomic E-state index is -3.72. The van der Waals surface area contributed by atoms with E-state index in [2.05, 4.69) is 14.7 Å². The molecule has 4 rings (SSSR count). The second-order valence-corrected chi connectivity index (χ2v) is 8.48. The summed E-state index contributed by atoms with van der Waals surface area (Å²) in [7, 11) is -1.92. The molecule has 1 aliphatic rings. The number of nitrogens with zero attached hydrogens (tertiary/aromatic N) is 4. The molecular weight excluding hydrogens is 402 g/mol. The average molecular weight is 423 g/mol. The predicted octanol–water partition coefficient (Wildman–Crippen LogP) is 2.20. The van der Waals surface area contributed by atoms with E-state index in [1.165, 1.54) is 0 Å². The number of carbonyl (C=O) groups is 1. The minimum Gasteiger partial charge on any atom is -0.351 e. The van der Waals surface area contributed by atoms with Crippen LogP contribution in [0.25, 0.3) is 0 Å². The highest BCUT2D eigenvalue weighted by Gasteiger charge is 2.32. The van der Waals surface area contributed by atoms with Gasteiger partial charge in [-0.1, -0.05) is 30.3 Å². The van der Waals surface area contributed by atoms with Crippen molar-refractivity contribution < 1.29 is 13.2 Å². The molecule has 30 heavy (non-hydrogen) atoms. The number of para-hydroxylation sites is 1. The van der Waals surface area contributed by atoms with Crippen LogP contribution < -0.4 is 10.2 Å². The Labute approximate surface area is 174 Å². The molecular formula is C21H21N5O3S. The van der Waals surface area contributed by atoms with E-state index in [-0.39, 0.29) is 10.8 Å². The lowest BCUT2D eigenvalue weighted by atomic mass is 10.1. The van der Waals surface area contributed by atoms with Crippen molar-refractivity contribution in [2.75, 3.05) is 18.0 Å². The molecule has 0 fully saturated rings. The maximum Gasteiger partial charge on any atom is 0.285 e. The highest BCUT2D eigenvalue weighted by molar-refractivity contribution is 7.90. The van der Waals surface area contributed by atoms with Gasteiger partial charge < -0.3 is 14.8 Å². The molecule has 2 aromatic carbocycles. The van der Waals surface area contributed by atoms with E-state index >= 15 is 0 Å². The van der Waals surface area contributed by atoms with Crippen molar-refractivity contribution in [3.05, 3.63) is 78.4 Å². The summed E-state index contributed by atoms with van der Waals surface area (Å²) in [5, 5.41) is 2.85. The fraction of sp³-hybridized carbons (Fsp3) is 0.190. The third-order valence-electron chi connectivity index (χ3n) is 4.72. The van der Waals surface area contributed by atoms with Gasteiger partial charge in [-0.15, -0.1) is 4.40 Å². The van der Waals surface area contributed by atoms with Crippen molar-refractivity contribution in [2.24, 2.45) is 11.4 Å². The van der Waals surface area contributed by atoms with E-state index < -0.39 is 10.0 Å². The number of imidazole rings is 1. The molecule has 9 heteroatoms. The number of rotatable bonds is 6. The normalized spacial score (nSPS) is 14.1. The van der Waals surface area contributed by atoms with E-state index in [1.807, 2.05) is 35.2 Å². The summed E-state index contributed by atoms with van der Waals surface area (Å²) in [5.74, 6) is 0.154. The number of hydrogen-bond donors (Lipinski definition) is 1. The van der Waals surface area contributed by atoms with Gasteiger partial charge in [0.2, 0.25) is 0 Å². The zero-order valence-corrected chi connectivity index (χ0v) is 17.2. The van der Waals surface area contributed by atoms with E-state index in [0.717, 1.165) is 5.69 Å². The minimum absolute atomic E-state index is 0.212. The number of aryl methyl sites for hydroxylation is 1. The third-order valence-corrected chi connectivity index (χ3v) is 6.04. The largest absolute Gasteiger partial charge is 0.351 e. The van der Waals surface area contributed by atoms with Crippen LogP contribution in [0.1, 0.15) is 22.5 Å². The molecule has 0 aliphatic carbocycles. The predicted molar refractivity (Wildman–Crippen MR) is 114 cm³/mol. The number of nitrogens with one attached hydrogen (secondary N) is 1. The summed E-state index contributed by atoms with van der Waals surface area (Å²) in [6, 6.07) is 16.3. The van der Waals surface area contributed by atoms with Crippen LogP contribution in [0.4, 0.5) is 5.69 Å². The maximum atomic E-state index is 12.5. The van der Waals surface area contributed by atoms with Crippen LogP contribution in [0.5, 0.6) is 0 Å². The van der Waals surface area contributed by atoms with E-state index in [0.29, 0.717) is 36.6 Å². The Morgan fingerprint density at radius 1 is 1.10 bits per heavy atom. The molecule has 0 atom stereocenters. The molecule has 0 saturated carbocycles. The summed E-state index contributed by atoms with van der Waals surface area (Å²) in [6.07, 6.45) is 3.82. The van der Waals surface area contributed by atoms with Crippen molar-refractivity contribution in [1.29, 1.82) is 0 Å². The van der Waals surface area contributed by atoms with Gasteiger partial charge in [0.1, 0.15) is 10.6 Å². The summed E-state index contributed by atoms with van der Waals surface area (Å²) < 4.78 is 30.7. The number of fused-ring (bicyclic) bond motifs is 1. The monoisotopic (exact) mass is 423 g/mol. The number of sulfonamides is 1. The van der Waals surface area contributed by atoms with Crippen LogP contribution >= 0.6 is 0 Å². The zero-order chi connectivity index (χ0) is 21.1. The molecule has 0 bridgehead atoms. The maximum absolute atomic E-state index is 12.5. The number of anilines is 1. The molecule has 1 aliphatic heterocycles. The van der Waals surface area contributed by atoms with Gasteiger partial charge in [-0.25, -0.2) is 4.98 Å². The second kappa shape index (κ2) is 8.11. The topological polar surface area (TPSA) is 96.7 Å². The summed E-state index contributed by atoms with van der Waals surface area (Å²) in [6.45, 7) is 0.898. The number of benzene rings is 2. The van der Waals surface area contributed by atoms with Crippen LogP contribution in [0.3, 0.4) is 0 Å². The van der Waals surface area contributed by atoms with E-state index in [4.69, 9.17) is 0 Å². The van der Waals surface area contributed by atoms with Gasteiger partial charge in [0, 0.05) is 37.6 Å². The summed E-state index contributed by atoms with van der Waals surface area (Å²) >= 11 is 0. The molecule has 2 heterocycles. The summed E-state index contributed by atoms with van der Waals surface area (Å²) in [4.78, 5) is 18.3. The van der Waals surface area contributed by atoms with Gasteiger partial charge in [0.15, 0.2) is 5.84 Å². The molecule has 3 aromatic rings. The van der Waals surface area contributed by atoms with Gasteiger partial charge in [0.05, 0.1) is 6.33 Å².